The molecule has 0 aromatic carbocycles. The van der Waals surface area contributed by atoms with Gasteiger partial charge in [0.05, 0.1) is 12.2 Å². The third-order valence-corrected chi connectivity index (χ3v) is 4.95. The molecule has 1 saturated heterocycles. The molecule has 1 aromatic heterocycles. The number of nitrogens with one attached hydrogen (secondary N) is 1. The van der Waals surface area contributed by atoms with Gasteiger partial charge in [0.15, 0.2) is 5.13 Å². The van der Waals surface area contributed by atoms with Crippen LogP contribution in [0.2, 0.25) is 0 Å². The number of carboxylic acid groups (broad SMARTS) is 1. The van der Waals surface area contributed by atoms with Gasteiger partial charge < -0.3 is 15.3 Å². The molecule has 0 saturated carbocycles. The molecule has 1 fully saturated rings. The van der Waals surface area contributed by atoms with E-state index in [0.717, 1.165) is 37.2 Å². The Morgan fingerprint density at radius 1 is 1.40 bits per heavy atom. The predicted molar refractivity (Wildman–Crippen MR) is 75.1 cm³/mol. The quantitative estimate of drug-likeness (QED) is 0.874. The number of carbonyl (C=O) groups is 2. The van der Waals surface area contributed by atoms with Crippen LogP contribution in [0.3, 0.4) is 0 Å². The summed E-state index contributed by atoms with van der Waals surface area (Å²) in [7, 11) is 0. The molecule has 2 aliphatic rings. The fourth-order valence-corrected chi connectivity index (χ4v) is 3.81. The minimum absolute atomic E-state index is 0.0904. The van der Waals surface area contributed by atoms with Crippen LogP contribution in [-0.4, -0.2) is 46.5 Å². The predicted octanol–water partition coefficient (Wildman–Crippen LogP) is 1.29. The second kappa shape index (κ2) is 5.40. The van der Waals surface area contributed by atoms with Crippen LogP contribution < -0.4 is 5.32 Å². The first kappa shape index (κ1) is 13.4. The molecule has 2 heterocycles. The lowest BCUT2D eigenvalue weighted by atomic mass is 10.1. The van der Waals surface area contributed by atoms with Crippen molar-refractivity contribution in [1.29, 1.82) is 0 Å². The lowest BCUT2D eigenvalue weighted by molar-refractivity contribution is -0.138. The van der Waals surface area contributed by atoms with Gasteiger partial charge >= 0.3 is 5.97 Å². The van der Waals surface area contributed by atoms with Crippen molar-refractivity contribution >= 4 is 28.3 Å². The van der Waals surface area contributed by atoms with E-state index in [-0.39, 0.29) is 12.5 Å². The molecule has 1 atom stereocenters. The van der Waals surface area contributed by atoms with Crippen LogP contribution in [0.15, 0.2) is 0 Å². The van der Waals surface area contributed by atoms with Crippen LogP contribution in [0.5, 0.6) is 0 Å². The first-order valence-electron chi connectivity index (χ1n) is 6.89. The summed E-state index contributed by atoms with van der Waals surface area (Å²) in [5.74, 6) is -1.20. The zero-order valence-electron chi connectivity index (χ0n) is 11.1. The molecule has 3 rings (SSSR count). The standard InChI is InChI=1S/C13H17N3O3S/c17-10(16-5-1-2-6-16)7-14-13-15-11-8(12(18)19)3-4-9(11)20-13/h8H,1-7H2,(H,14,15)(H,18,19). The van der Waals surface area contributed by atoms with Crippen molar-refractivity contribution in [2.45, 2.75) is 31.6 Å². The van der Waals surface area contributed by atoms with Gasteiger partial charge in [0.2, 0.25) is 5.91 Å². The zero-order valence-corrected chi connectivity index (χ0v) is 11.9. The Hall–Kier alpha value is -1.63. The molecule has 0 bridgehead atoms. The first-order chi connectivity index (χ1) is 9.65. The number of aromatic nitrogens is 1. The van der Waals surface area contributed by atoms with Gasteiger partial charge in [0.25, 0.3) is 0 Å². The number of hydrogen-bond donors (Lipinski definition) is 2. The van der Waals surface area contributed by atoms with Gasteiger partial charge in [-0.15, -0.1) is 11.3 Å². The molecule has 20 heavy (non-hydrogen) atoms. The smallest absolute Gasteiger partial charge is 0.312 e. The molecule has 2 N–H and O–H groups in total. The van der Waals surface area contributed by atoms with E-state index in [1.807, 2.05) is 4.90 Å². The summed E-state index contributed by atoms with van der Waals surface area (Å²) in [6.45, 7) is 1.93. The van der Waals surface area contributed by atoms with Crippen molar-refractivity contribution in [3.05, 3.63) is 10.6 Å². The van der Waals surface area contributed by atoms with E-state index in [2.05, 4.69) is 10.3 Å². The second-order valence-corrected chi connectivity index (χ2v) is 6.28. The average molecular weight is 295 g/mol. The van der Waals surface area contributed by atoms with Crippen molar-refractivity contribution in [2.24, 2.45) is 0 Å². The summed E-state index contributed by atoms with van der Waals surface area (Å²) in [5.41, 5.74) is 0.679. The number of amides is 1. The van der Waals surface area contributed by atoms with Gasteiger partial charge in [-0.05, 0) is 25.7 Å². The van der Waals surface area contributed by atoms with Crippen molar-refractivity contribution in [3.8, 4) is 0 Å². The van der Waals surface area contributed by atoms with E-state index >= 15 is 0 Å². The van der Waals surface area contributed by atoms with Gasteiger partial charge in [0.1, 0.15) is 5.92 Å². The summed E-state index contributed by atoms with van der Waals surface area (Å²) in [6, 6.07) is 0. The highest BCUT2D eigenvalue weighted by Gasteiger charge is 2.32. The fraction of sp³-hybridized carbons (Fsp3) is 0.615. The molecule has 0 spiro atoms. The average Bonchev–Trinajstić information content (AvgIpc) is 3.11. The Bertz CT molecular complexity index is 537. The highest BCUT2D eigenvalue weighted by molar-refractivity contribution is 7.15. The number of aryl methyl sites for hydroxylation is 1. The third kappa shape index (κ3) is 2.49. The topological polar surface area (TPSA) is 82.5 Å². The Morgan fingerprint density at radius 3 is 2.85 bits per heavy atom. The van der Waals surface area contributed by atoms with Crippen molar-refractivity contribution < 1.29 is 14.7 Å². The molecule has 1 unspecified atom stereocenters. The molecule has 1 aliphatic heterocycles. The Balaban J connectivity index is 1.60. The molecule has 108 valence electrons. The van der Waals surface area contributed by atoms with E-state index in [9.17, 15) is 9.59 Å². The maximum Gasteiger partial charge on any atom is 0.312 e. The molecule has 1 aromatic rings. The molecule has 0 radical (unpaired) electrons. The Labute approximate surface area is 120 Å². The van der Waals surface area contributed by atoms with Gasteiger partial charge in [-0.1, -0.05) is 0 Å². The van der Waals surface area contributed by atoms with Crippen LogP contribution in [0.25, 0.3) is 0 Å². The van der Waals surface area contributed by atoms with Gasteiger partial charge in [0, 0.05) is 18.0 Å². The lowest BCUT2D eigenvalue weighted by Gasteiger charge is -2.15. The maximum absolute atomic E-state index is 11.9. The summed E-state index contributed by atoms with van der Waals surface area (Å²) >= 11 is 1.47. The maximum atomic E-state index is 11.9. The van der Waals surface area contributed by atoms with Crippen LogP contribution in [0, 0.1) is 0 Å². The van der Waals surface area contributed by atoms with Crippen molar-refractivity contribution in [3.63, 3.8) is 0 Å². The third-order valence-electron chi connectivity index (χ3n) is 3.87. The summed E-state index contributed by atoms with van der Waals surface area (Å²) in [5, 5.41) is 12.8. The van der Waals surface area contributed by atoms with Crippen LogP contribution >= 0.6 is 11.3 Å². The number of fused-ring (bicyclic) bond motifs is 1. The minimum atomic E-state index is -0.811. The SMILES string of the molecule is O=C(O)C1CCc2sc(NCC(=O)N3CCCC3)nc21. The van der Waals surface area contributed by atoms with Crippen molar-refractivity contribution in [1.82, 2.24) is 9.88 Å². The fourth-order valence-electron chi connectivity index (χ4n) is 2.77. The number of likely N-dealkylation sites (tertiary alicyclic amines) is 1. The number of thiazole rings is 1. The van der Waals surface area contributed by atoms with Gasteiger partial charge in [-0.25, -0.2) is 4.98 Å². The number of carboxylic acids is 1. The Kier molecular flexibility index (Phi) is 3.60. The molecule has 7 heteroatoms. The lowest BCUT2D eigenvalue weighted by Crippen LogP contribution is -2.32. The van der Waals surface area contributed by atoms with E-state index in [0.29, 0.717) is 17.2 Å². The number of carbonyl (C=O) groups excluding carboxylic acids is 1. The summed E-state index contributed by atoms with van der Waals surface area (Å²) in [4.78, 5) is 30.2. The summed E-state index contributed by atoms with van der Waals surface area (Å²) in [6.07, 6.45) is 3.57. The second-order valence-electron chi connectivity index (χ2n) is 5.20. The number of hydrogen-bond acceptors (Lipinski definition) is 5. The van der Waals surface area contributed by atoms with E-state index in [1.54, 1.807) is 0 Å². The normalized spacial score (nSPS) is 21.0. The molecular formula is C13H17N3O3S. The van der Waals surface area contributed by atoms with E-state index < -0.39 is 11.9 Å². The van der Waals surface area contributed by atoms with Gasteiger partial charge in [-0.2, -0.15) is 0 Å². The largest absolute Gasteiger partial charge is 0.481 e. The first-order valence-corrected chi connectivity index (χ1v) is 7.71. The molecule has 1 amide bonds. The minimum Gasteiger partial charge on any atom is -0.481 e. The molecule has 1 aliphatic carbocycles. The Morgan fingerprint density at radius 2 is 2.15 bits per heavy atom. The van der Waals surface area contributed by atoms with E-state index in [1.165, 1.54) is 11.3 Å². The molecule has 6 nitrogen and oxygen atoms in total. The number of anilines is 1. The summed E-state index contributed by atoms with van der Waals surface area (Å²) < 4.78 is 0. The van der Waals surface area contributed by atoms with Gasteiger partial charge in [-0.3, -0.25) is 9.59 Å². The van der Waals surface area contributed by atoms with Crippen LogP contribution in [0.1, 0.15) is 35.8 Å². The van der Waals surface area contributed by atoms with Crippen molar-refractivity contribution in [2.75, 3.05) is 25.0 Å². The highest BCUT2D eigenvalue weighted by atomic mass is 32.1. The monoisotopic (exact) mass is 295 g/mol. The number of rotatable bonds is 4. The van der Waals surface area contributed by atoms with E-state index in [4.69, 9.17) is 5.11 Å². The highest BCUT2D eigenvalue weighted by Crippen LogP contribution is 2.38. The molecular weight excluding hydrogens is 278 g/mol. The number of nitrogens with zero attached hydrogens (tertiary/aromatic N) is 2. The zero-order chi connectivity index (χ0) is 14.1. The van der Waals surface area contributed by atoms with Crippen LogP contribution in [0.4, 0.5) is 5.13 Å². The van der Waals surface area contributed by atoms with Crippen LogP contribution in [-0.2, 0) is 16.0 Å². The number of aliphatic carboxylic acids is 1.